The van der Waals surface area contributed by atoms with Crippen molar-refractivity contribution in [3.8, 4) is 0 Å². The van der Waals surface area contributed by atoms with E-state index in [-0.39, 0.29) is 30.3 Å². The number of piperidine rings is 1. The van der Waals surface area contributed by atoms with Gasteiger partial charge in [0.05, 0.1) is 16.6 Å². The molecule has 27 heavy (non-hydrogen) atoms. The first-order valence-electron chi connectivity index (χ1n) is 8.89. The van der Waals surface area contributed by atoms with Gasteiger partial charge in [0.25, 0.3) is 5.91 Å². The van der Waals surface area contributed by atoms with Crippen molar-refractivity contribution in [2.45, 2.75) is 12.5 Å². The average molecular weight is 412 g/mol. The van der Waals surface area contributed by atoms with E-state index < -0.39 is 6.09 Å². The lowest BCUT2D eigenvalue weighted by Gasteiger charge is -2.53. The maximum absolute atomic E-state index is 12.7. The van der Waals surface area contributed by atoms with Gasteiger partial charge in [0.2, 0.25) is 5.91 Å². The fourth-order valence-corrected chi connectivity index (χ4v) is 4.26. The van der Waals surface area contributed by atoms with Crippen LogP contribution in [0.3, 0.4) is 0 Å². The molecule has 3 aliphatic rings. The Hall–Kier alpha value is -1.99. The second-order valence-electron chi connectivity index (χ2n) is 7.08. The van der Waals surface area contributed by atoms with Crippen LogP contribution in [0.1, 0.15) is 16.8 Å². The predicted octanol–water partition coefficient (Wildman–Crippen LogP) is 2.12. The number of cyclic esters (lactones) is 1. The van der Waals surface area contributed by atoms with Crippen molar-refractivity contribution >= 4 is 41.1 Å². The molecule has 3 amide bonds. The van der Waals surface area contributed by atoms with E-state index in [2.05, 4.69) is 0 Å². The van der Waals surface area contributed by atoms with Gasteiger partial charge in [0, 0.05) is 37.2 Å². The van der Waals surface area contributed by atoms with Crippen LogP contribution >= 0.6 is 23.2 Å². The molecule has 9 heteroatoms. The molecule has 0 aliphatic carbocycles. The van der Waals surface area contributed by atoms with Crippen LogP contribution in [0, 0.1) is 5.92 Å². The van der Waals surface area contributed by atoms with Gasteiger partial charge in [0.1, 0.15) is 13.2 Å². The van der Waals surface area contributed by atoms with E-state index in [1.54, 1.807) is 23.1 Å². The van der Waals surface area contributed by atoms with Crippen molar-refractivity contribution in [1.29, 1.82) is 0 Å². The molecule has 2 atom stereocenters. The van der Waals surface area contributed by atoms with Crippen LogP contribution in [0.5, 0.6) is 0 Å². The number of hydrogen-bond donors (Lipinski definition) is 0. The molecule has 1 aromatic carbocycles. The lowest BCUT2D eigenvalue weighted by Crippen LogP contribution is -2.66. The summed E-state index contributed by atoms with van der Waals surface area (Å²) in [7, 11) is 0. The van der Waals surface area contributed by atoms with Crippen molar-refractivity contribution in [3.63, 3.8) is 0 Å². The van der Waals surface area contributed by atoms with Gasteiger partial charge in [-0.1, -0.05) is 23.2 Å². The number of rotatable bonds is 3. The second kappa shape index (κ2) is 7.20. The molecule has 4 rings (SSSR count). The SMILES string of the molecule is O=C1OCCN1CC(=O)N1C[C@@H]2CN(C(=O)c3ccc(Cl)c(Cl)c3)CC[C@@H]21. The lowest BCUT2D eigenvalue weighted by atomic mass is 9.82. The van der Waals surface area contributed by atoms with E-state index in [4.69, 9.17) is 27.9 Å². The summed E-state index contributed by atoms with van der Waals surface area (Å²) in [6, 6.07) is 5.02. The topological polar surface area (TPSA) is 70.2 Å². The predicted molar refractivity (Wildman–Crippen MR) is 98.9 cm³/mol. The quantitative estimate of drug-likeness (QED) is 0.763. The smallest absolute Gasteiger partial charge is 0.410 e. The Labute approximate surface area is 166 Å². The van der Waals surface area contributed by atoms with Crippen molar-refractivity contribution in [1.82, 2.24) is 14.7 Å². The number of ether oxygens (including phenoxy) is 1. The third-order valence-corrected chi connectivity index (χ3v) is 6.21. The highest BCUT2D eigenvalue weighted by molar-refractivity contribution is 6.42. The molecule has 144 valence electrons. The fourth-order valence-electron chi connectivity index (χ4n) is 3.97. The molecule has 0 bridgehead atoms. The van der Waals surface area contributed by atoms with Gasteiger partial charge < -0.3 is 14.5 Å². The number of carbonyl (C=O) groups excluding carboxylic acids is 3. The fraction of sp³-hybridized carbons (Fsp3) is 0.500. The molecule has 0 saturated carbocycles. The summed E-state index contributed by atoms with van der Waals surface area (Å²) in [6.45, 7) is 2.66. The molecular formula is C18H19Cl2N3O4. The summed E-state index contributed by atoms with van der Waals surface area (Å²) in [5.74, 6) is 0.135. The van der Waals surface area contributed by atoms with Crippen LogP contribution < -0.4 is 0 Å². The summed E-state index contributed by atoms with van der Waals surface area (Å²) in [5.41, 5.74) is 0.516. The highest BCUT2D eigenvalue weighted by Gasteiger charge is 2.46. The number of halogens is 2. The number of nitrogens with zero attached hydrogens (tertiary/aromatic N) is 3. The molecule has 0 N–H and O–H groups in total. The van der Waals surface area contributed by atoms with E-state index in [1.807, 2.05) is 4.90 Å². The van der Waals surface area contributed by atoms with Gasteiger partial charge in [-0.2, -0.15) is 0 Å². The zero-order valence-corrected chi connectivity index (χ0v) is 16.1. The van der Waals surface area contributed by atoms with Gasteiger partial charge in [-0.3, -0.25) is 14.5 Å². The number of carbonyl (C=O) groups is 3. The van der Waals surface area contributed by atoms with Gasteiger partial charge >= 0.3 is 6.09 Å². The minimum atomic E-state index is -0.428. The molecule has 0 unspecified atom stereocenters. The number of hydrogen-bond acceptors (Lipinski definition) is 4. The Morgan fingerprint density at radius 2 is 1.96 bits per heavy atom. The molecule has 3 fully saturated rings. The Morgan fingerprint density at radius 1 is 1.15 bits per heavy atom. The molecule has 0 spiro atoms. The summed E-state index contributed by atoms with van der Waals surface area (Å²) in [6.07, 6.45) is 0.302. The lowest BCUT2D eigenvalue weighted by molar-refractivity contribution is -0.147. The first kappa shape index (κ1) is 18.4. The standard InChI is InChI=1S/C18H19Cl2N3O4/c19-13-2-1-11(7-14(13)20)17(25)21-4-3-15-12(8-21)9-23(15)16(24)10-22-5-6-27-18(22)26/h1-2,7,12,15H,3-6,8-10H2/t12-,15-/m0/s1. The normalized spacial score (nSPS) is 24.4. The molecule has 3 saturated heterocycles. The molecule has 3 heterocycles. The summed E-state index contributed by atoms with van der Waals surface area (Å²) < 4.78 is 4.86. The third-order valence-electron chi connectivity index (χ3n) is 5.47. The zero-order chi connectivity index (χ0) is 19.1. The van der Waals surface area contributed by atoms with Crippen LogP contribution in [-0.4, -0.2) is 78.0 Å². The van der Waals surface area contributed by atoms with Crippen LogP contribution in [0.4, 0.5) is 4.79 Å². The highest BCUT2D eigenvalue weighted by atomic mass is 35.5. The first-order valence-corrected chi connectivity index (χ1v) is 9.65. The van der Waals surface area contributed by atoms with E-state index in [1.165, 1.54) is 4.90 Å². The van der Waals surface area contributed by atoms with Crippen molar-refractivity contribution in [3.05, 3.63) is 33.8 Å². The zero-order valence-electron chi connectivity index (χ0n) is 14.6. The Bertz CT molecular complexity index is 803. The van der Waals surface area contributed by atoms with Gasteiger partial charge in [0.15, 0.2) is 0 Å². The van der Waals surface area contributed by atoms with Crippen LogP contribution in [0.15, 0.2) is 18.2 Å². The first-order chi connectivity index (χ1) is 12.9. The van der Waals surface area contributed by atoms with Crippen molar-refractivity contribution in [2.75, 3.05) is 39.3 Å². The second-order valence-corrected chi connectivity index (χ2v) is 7.89. The monoisotopic (exact) mass is 411 g/mol. The van der Waals surface area contributed by atoms with Crippen LogP contribution in [-0.2, 0) is 9.53 Å². The van der Waals surface area contributed by atoms with Crippen LogP contribution in [0.2, 0.25) is 10.0 Å². The molecule has 7 nitrogen and oxygen atoms in total. The van der Waals surface area contributed by atoms with E-state index in [0.29, 0.717) is 48.4 Å². The molecular weight excluding hydrogens is 393 g/mol. The Balaban J connectivity index is 1.33. The van der Waals surface area contributed by atoms with E-state index in [9.17, 15) is 14.4 Å². The van der Waals surface area contributed by atoms with Crippen molar-refractivity contribution in [2.24, 2.45) is 5.92 Å². The van der Waals surface area contributed by atoms with Gasteiger partial charge in [-0.05, 0) is 24.6 Å². The average Bonchev–Trinajstić information content (AvgIpc) is 3.02. The number of fused-ring (bicyclic) bond motifs is 1. The summed E-state index contributed by atoms with van der Waals surface area (Å²) in [5, 5.41) is 0.778. The molecule has 3 aliphatic heterocycles. The maximum atomic E-state index is 12.7. The largest absolute Gasteiger partial charge is 0.448 e. The summed E-state index contributed by atoms with van der Waals surface area (Å²) >= 11 is 11.9. The maximum Gasteiger partial charge on any atom is 0.410 e. The minimum Gasteiger partial charge on any atom is -0.448 e. The van der Waals surface area contributed by atoms with Crippen molar-refractivity contribution < 1.29 is 19.1 Å². The van der Waals surface area contributed by atoms with Gasteiger partial charge in [-0.25, -0.2) is 4.79 Å². The Kier molecular flexibility index (Phi) is 4.90. The summed E-state index contributed by atoms with van der Waals surface area (Å²) in [4.78, 5) is 41.7. The highest BCUT2D eigenvalue weighted by Crippen LogP contribution is 2.33. The molecule has 0 radical (unpaired) electrons. The number of amides is 3. The van der Waals surface area contributed by atoms with Crippen LogP contribution in [0.25, 0.3) is 0 Å². The Morgan fingerprint density at radius 3 is 2.63 bits per heavy atom. The molecule has 0 aromatic heterocycles. The molecule has 1 aromatic rings. The minimum absolute atomic E-state index is 0.0561. The van der Waals surface area contributed by atoms with E-state index in [0.717, 1.165) is 6.42 Å². The third kappa shape index (κ3) is 3.46. The number of likely N-dealkylation sites (tertiary alicyclic amines) is 2. The van der Waals surface area contributed by atoms with Gasteiger partial charge in [-0.15, -0.1) is 0 Å². The number of benzene rings is 1. The van der Waals surface area contributed by atoms with E-state index >= 15 is 0 Å².